The Morgan fingerprint density at radius 3 is 2.00 bits per heavy atom. The monoisotopic (exact) mass is 833 g/mol. The van der Waals surface area contributed by atoms with E-state index < -0.39 is 0 Å². The largest absolute Gasteiger partial charge is 0.308 e. The smallest absolute Gasteiger partial charge is 0.171 e. The SMILES string of the molecule is Cc1c(-c2cc3c(c4ccccc24)-c2ccccc2C3(C)C)cc2c3c4c(ccc3n3c5cc6c(cc5c1c23)C12c3ccccc3C1c1ccccc1C2C6=O)C1CC2CC(C1)CC4C2. The first-order valence-corrected chi connectivity index (χ1v) is 24.5. The van der Waals surface area contributed by atoms with Crippen molar-refractivity contribution in [1.29, 1.82) is 0 Å². The Morgan fingerprint density at radius 1 is 0.492 bits per heavy atom. The Balaban J connectivity index is 1.03. The molecule has 5 unspecified atom stereocenters. The van der Waals surface area contributed by atoms with Crippen LogP contribution >= 0.6 is 0 Å². The van der Waals surface area contributed by atoms with Gasteiger partial charge in [-0.05, 0) is 182 Å². The van der Waals surface area contributed by atoms with E-state index in [0.29, 0.717) is 17.6 Å². The number of ketones is 1. The highest BCUT2D eigenvalue weighted by molar-refractivity contribution is 6.28. The molecular formula is C63H47NO. The molecular weight excluding hydrogens is 787 g/mol. The van der Waals surface area contributed by atoms with Gasteiger partial charge in [-0.1, -0.05) is 117 Å². The third kappa shape index (κ3) is 3.71. The number of hydrogen-bond donors (Lipinski definition) is 0. The highest BCUT2D eigenvalue weighted by Crippen LogP contribution is 2.74. The van der Waals surface area contributed by atoms with Crippen molar-refractivity contribution in [2.45, 2.75) is 87.4 Å². The predicted molar refractivity (Wildman–Crippen MR) is 264 cm³/mol. The molecule has 1 spiro atoms. The number of nitrogens with zero attached hydrogens (tertiary/aromatic N) is 1. The number of rotatable bonds is 1. The predicted octanol–water partition coefficient (Wildman–Crippen LogP) is 15.4. The van der Waals surface area contributed by atoms with Crippen LogP contribution in [0.2, 0.25) is 0 Å². The second-order valence-corrected chi connectivity index (χ2v) is 22.2. The van der Waals surface area contributed by atoms with Gasteiger partial charge in [0.2, 0.25) is 0 Å². The molecule has 0 saturated heterocycles. The zero-order valence-electron chi connectivity index (χ0n) is 37.1. The van der Waals surface area contributed by atoms with Crippen LogP contribution in [-0.2, 0) is 10.8 Å². The van der Waals surface area contributed by atoms with Gasteiger partial charge >= 0.3 is 0 Å². The normalized spacial score (nSPS) is 26.6. The van der Waals surface area contributed by atoms with E-state index >= 15 is 4.79 Å². The van der Waals surface area contributed by atoms with E-state index in [-0.39, 0.29) is 22.7 Å². The zero-order chi connectivity index (χ0) is 42.6. The molecule has 310 valence electrons. The highest BCUT2D eigenvalue weighted by atomic mass is 16.1. The van der Waals surface area contributed by atoms with E-state index in [0.717, 1.165) is 17.4 Å². The second-order valence-electron chi connectivity index (χ2n) is 22.2. The van der Waals surface area contributed by atoms with Crippen LogP contribution in [0, 0.1) is 18.8 Å². The fourth-order valence-corrected chi connectivity index (χ4v) is 17.1. The molecule has 0 amide bonds. The van der Waals surface area contributed by atoms with Crippen molar-refractivity contribution in [2.75, 3.05) is 0 Å². The molecule has 18 rings (SSSR count). The Kier molecular flexibility index (Phi) is 5.96. The average Bonchev–Trinajstić information content (AvgIpc) is 4.01. The molecule has 10 aromatic rings. The third-order valence-corrected chi connectivity index (χ3v) is 19.3. The molecule has 8 aliphatic rings. The molecule has 2 aromatic heterocycles. The van der Waals surface area contributed by atoms with Crippen molar-refractivity contribution >= 4 is 54.7 Å². The maximum absolute atomic E-state index is 15.4. The van der Waals surface area contributed by atoms with Gasteiger partial charge < -0.3 is 4.40 Å². The topological polar surface area (TPSA) is 21.5 Å². The van der Waals surface area contributed by atoms with E-state index in [1.807, 2.05) is 0 Å². The molecule has 0 radical (unpaired) electrons. The van der Waals surface area contributed by atoms with Gasteiger partial charge in [0.05, 0.1) is 22.5 Å². The number of carbonyl (C=O) groups is 1. The number of Topliss-reactive ketones (excluding diaryl/α,β-unsaturated/α-hetero) is 1. The summed E-state index contributed by atoms with van der Waals surface area (Å²) < 4.78 is 2.63. The summed E-state index contributed by atoms with van der Waals surface area (Å²) in [5.74, 6) is 3.24. The number of hydrogen-bond acceptors (Lipinski definition) is 1. The lowest BCUT2D eigenvalue weighted by atomic mass is 9.52. The van der Waals surface area contributed by atoms with Crippen LogP contribution in [-0.4, -0.2) is 10.2 Å². The van der Waals surface area contributed by atoms with Gasteiger partial charge in [0.1, 0.15) is 0 Å². The summed E-state index contributed by atoms with van der Waals surface area (Å²) >= 11 is 0. The van der Waals surface area contributed by atoms with Gasteiger partial charge in [-0.3, -0.25) is 4.79 Å². The summed E-state index contributed by atoms with van der Waals surface area (Å²) in [5.41, 5.74) is 23.7. The maximum atomic E-state index is 15.4. The Hall–Kier alpha value is -6.51. The molecule has 4 bridgehead atoms. The highest BCUT2D eigenvalue weighted by Gasteiger charge is 2.69. The van der Waals surface area contributed by atoms with E-state index in [2.05, 4.69) is 159 Å². The van der Waals surface area contributed by atoms with Crippen molar-refractivity contribution in [1.82, 2.24) is 4.40 Å². The molecule has 0 N–H and O–H groups in total. The first-order chi connectivity index (χ1) is 31.8. The van der Waals surface area contributed by atoms with Gasteiger partial charge in [0.25, 0.3) is 0 Å². The minimum Gasteiger partial charge on any atom is -0.308 e. The summed E-state index contributed by atoms with van der Waals surface area (Å²) in [5, 5.41) is 8.21. The van der Waals surface area contributed by atoms with Crippen molar-refractivity contribution < 1.29 is 4.79 Å². The maximum Gasteiger partial charge on any atom is 0.171 e. The quantitative estimate of drug-likeness (QED) is 0.161. The van der Waals surface area contributed by atoms with Crippen LogP contribution < -0.4 is 0 Å². The fourth-order valence-electron chi connectivity index (χ4n) is 17.1. The van der Waals surface area contributed by atoms with Gasteiger partial charge in [-0.2, -0.15) is 0 Å². The summed E-state index contributed by atoms with van der Waals surface area (Å²) in [6.07, 6.45) is 6.79. The van der Waals surface area contributed by atoms with Crippen molar-refractivity contribution in [2.24, 2.45) is 11.8 Å². The van der Waals surface area contributed by atoms with Gasteiger partial charge in [-0.25, -0.2) is 0 Å². The number of fused-ring (bicyclic) bond motifs is 17. The Labute approximate surface area is 378 Å². The van der Waals surface area contributed by atoms with Gasteiger partial charge in [-0.15, -0.1) is 0 Å². The minimum atomic E-state index is -0.377. The van der Waals surface area contributed by atoms with E-state index in [9.17, 15) is 0 Å². The molecule has 8 aliphatic carbocycles. The third-order valence-electron chi connectivity index (χ3n) is 19.3. The molecule has 2 heteroatoms. The van der Waals surface area contributed by atoms with Crippen LogP contribution in [0.3, 0.4) is 0 Å². The van der Waals surface area contributed by atoms with Crippen LogP contribution in [0.25, 0.3) is 71.1 Å². The fraction of sp³-hybridized carbons (Fsp3) is 0.254. The Morgan fingerprint density at radius 2 is 1.18 bits per heavy atom. The molecule has 0 aliphatic heterocycles. The van der Waals surface area contributed by atoms with Crippen LogP contribution in [0.1, 0.15) is 136 Å². The molecule has 5 atom stereocenters. The number of carbonyl (C=O) groups excluding carboxylic acids is 1. The lowest BCUT2D eigenvalue weighted by Crippen LogP contribution is -2.43. The molecule has 2 heterocycles. The van der Waals surface area contributed by atoms with Gasteiger partial charge in [0.15, 0.2) is 5.78 Å². The second kappa shape index (κ2) is 11.1. The van der Waals surface area contributed by atoms with Gasteiger partial charge in [0, 0.05) is 43.9 Å². The van der Waals surface area contributed by atoms with Crippen molar-refractivity contribution in [3.05, 3.63) is 195 Å². The molecule has 2 nitrogen and oxygen atoms in total. The first-order valence-electron chi connectivity index (χ1n) is 24.5. The lowest BCUT2D eigenvalue weighted by molar-refractivity contribution is 0.0949. The van der Waals surface area contributed by atoms with Crippen molar-refractivity contribution in [3.8, 4) is 22.3 Å². The number of aryl methyl sites for hydroxylation is 1. The zero-order valence-corrected chi connectivity index (χ0v) is 37.1. The summed E-state index contributed by atoms with van der Waals surface area (Å²) in [6, 6.07) is 51.4. The van der Waals surface area contributed by atoms with Crippen LogP contribution in [0.15, 0.2) is 133 Å². The molecule has 8 aromatic carbocycles. The molecule has 65 heavy (non-hydrogen) atoms. The summed E-state index contributed by atoms with van der Waals surface area (Å²) in [4.78, 5) is 15.4. The average molecular weight is 834 g/mol. The number of aromatic nitrogens is 1. The number of benzene rings is 8. The first kappa shape index (κ1) is 34.8. The summed E-state index contributed by atoms with van der Waals surface area (Å²) in [6.45, 7) is 7.26. The van der Waals surface area contributed by atoms with E-state index in [1.165, 1.54) is 148 Å². The van der Waals surface area contributed by atoms with E-state index in [1.54, 1.807) is 11.1 Å². The van der Waals surface area contributed by atoms with Crippen LogP contribution in [0.4, 0.5) is 0 Å². The summed E-state index contributed by atoms with van der Waals surface area (Å²) in [7, 11) is 0. The lowest BCUT2D eigenvalue weighted by Gasteiger charge is -2.48. The van der Waals surface area contributed by atoms with Crippen molar-refractivity contribution in [3.63, 3.8) is 0 Å². The van der Waals surface area contributed by atoms with E-state index in [4.69, 9.17) is 0 Å². The minimum absolute atomic E-state index is 0.130. The Bertz CT molecular complexity index is 3920. The molecule has 2 saturated carbocycles. The van der Waals surface area contributed by atoms with Crippen LogP contribution in [0.5, 0.6) is 0 Å². The standard InChI is InChI=1S/C63H47NO/c1-31-43(44-28-51-56(38-13-5-4-12-37(38)44)41-16-8-10-18-48(41)62(51,2)3)27-47-57-52(21-20-36-34-23-32-22-33(24-34)26-35(25-32)55(36)57)64-53-30-45-50(29-46(53)54(31)60(47)64)63-49-19-11-9-17-42(49)58(63)39-14-6-7-15-40(39)59(63)61(45)65/h4-21,27-30,32-35,58-59H,22-26H2,1-3H3. The molecule has 2 fully saturated rings.